The first-order valence-corrected chi connectivity index (χ1v) is 12.4. The summed E-state index contributed by atoms with van der Waals surface area (Å²) in [6.45, 7) is 3.65. The molecule has 7 nitrogen and oxygen atoms in total. The average Bonchev–Trinajstić information content (AvgIpc) is 2.81. The second-order valence-corrected chi connectivity index (χ2v) is 9.74. The monoisotopic (exact) mass is 480 g/mol. The van der Waals surface area contributed by atoms with E-state index in [1.165, 1.54) is 0 Å². The Morgan fingerprint density at radius 1 is 0.882 bits per heavy atom. The zero-order valence-electron chi connectivity index (χ0n) is 19.2. The van der Waals surface area contributed by atoms with Gasteiger partial charge in [0.25, 0.3) is 0 Å². The van der Waals surface area contributed by atoms with Crippen LogP contribution in [0.15, 0.2) is 83.8 Å². The molecular formula is C26H28N2O5S. The number of rotatable bonds is 10. The van der Waals surface area contributed by atoms with Crippen LogP contribution < -0.4 is 5.32 Å². The topological polar surface area (TPSA) is 92.8 Å². The maximum absolute atomic E-state index is 13.3. The molecule has 3 rings (SSSR count). The third-order valence-corrected chi connectivity index (χ3v) is 6.88. The van der Waals surface area contributed by atoms with Crippen LogP contribution in [0.4, 0.5) is 5.69 Å². The highest BCUT2D eigenvalue weighted by atomic mass is 32.2. The summed E-state index contributed by atoms with van der Waals surface area (Å²) in [6.07, 6.45) is 0.141. The molecule has 0 saturated heterocycles. The van der Waals surface area contributed by atoms with Gasteiger partial charge in [0.05, 0.1) is 24.5 Å². The van der Waals surface area contributed by atoms with Gasteiger partial charge in [-0.15, -0.1) is 0 Å². The molecule has 0 aliphatic rings. The summed E-state index contributed by atoms with van der Waals surface area (Å²) >= 11 is 0. The van der Waals surface area contributed by atoms with Gasteiger partial charge >= 0.3 is 5.97 Å². The van der Waals surface area contributed by atoms with E-state index in [2.05, 4.69) is 5.32 Å². The van der Waals surface area contributed by atoms with Crippen LogP contribution in [0.3, 0.4) is 0 Å². The molecule has 0 unspecified atom stereocenters. The van der Waals surface area contributed by atoms with E-state index in [1.807, 2.05) is 37.3 Å². The fourth-order valence-electron chi connectivity index (χ4n) is 3.32. The van der Waals surface area contributed by atoms with Crippen molar-refractivity contribution >= 4 is 27.6 Å². The summed E-state index contributed by atoms with van der Waals surface area (Å²) in [6, 6.07) is 22.5. The number of carbonyl (C=O) groups is 2. The summed E-state index contributed by atoms with van der Waals surface area (Å²) in [4.78, 5) is 24.6. The van der Waals surface area contributed by atoms with E-state index in [0.29, 0.717) is 12.3 Å². The molecule has 178 valence electrons. The van der Waals surface area contributed by atoms with Crippen molar-refractivity contribution in [3.05, 3.63) is 95.6 Å². The van der Waals surface area contributed by atoms with E-state index in [-0.39, 0.29) is 30.4 Å². The molecule has 0 aliphatic heterocycles. The molecule has 3 aromatic rings. The Balaban J connectivity index is 1.74. The highest BCUT2D eigenvalue weighted by molar-refractivity contribution is 7.89. The number of amides is 1. The average molecular weight is 481 g/mol. The smallest absolute Gasteiger partial charge is 0.310 e. The number of aryl methyl sites for hydroxylation is 1. The van der Waals surface area contributed by atoms with Crippen molar-refractivity contribution in [1.82, 2.24) is 4.31 Å². The third-order valence-electron chi connectivity index (χ3n) is 5.07. The number of sulfonamides is 1. The number of anilines is 1. The summed E-state index contributed by atoms with van der Waals surface area (Å²) in [5.41, 5.74) is 2.97. The molecular weight excluding hydrogens is 452 g/mol. The fourth-order valence-corrected chi connectivity index (χ4v) is 4.70. The lowest BCUT2D eigenvalue weighted by Gasteiger charge is -2.22. The highest BCUT2D eigenvalue weighted by Gasteiger charge is 2.27. The Morgan fingerprint density at radius 2 is 1.53 bits per heavy atom. The number of benzene rings is 3. The van der Waals surface area contributed by atoms with Crippen LogP contribution in [-0.2, 0) is 37.3 Å². The molecule has 1 N–H and O–H groups in total. The van der Waals surface area contributed by atoms with Crippen molar-refractivity contribution in [2.45, 2.75) is 31.7 Å². The second kappa shape index (κ2) is 11.6. The minimum absolute atomic E-state index is 0.0585. The predicted molar refractivity (Wildman–Crippen MR) is 131 cm³/mol. The molecule has 0 spiro atoms. The zero-order chi connectivity index (χ0) is 24.6. The molecule has 1 amide bonds. The fraction of sp³-hybridized carbons (Fsp3) is 0.231. The Bertz CT molecular complexity index is 1210. The lowest BCUT2D eigenvalue weighted by Crippen LogP contribution is -2.37. The van der Waals surface area contributed by atoms with Crippen molar-refractivity contribution in [3.8, 4) is 0 Å². The second-order valence-electron chi connectivity index (χ2n) is 7.80. The minimum Gasteiger partial charge on any atom is -0.466 e. The molecule has 0 atom stereocenters. The van der Waals surface area contributed by atoms with Gasteiger partial charge in [-0.2, -0.15) is 4.31 Å². The molecule has 0 saturated carbocycles. The van der Waals surface area contributed by atoms with Gasteiger partial charge in [0.2, 0.25) is 15.9 Å². The Labute approximate surface area is 200 Å². The van der Waals surface area contributed by atoms with Gasteiger partial charge < -0.3 is 10.1 Å². The van der Waals surface area contributed by atoms with E-state index in [0.717, 1.165) is 21.0 Å². The van der Waals surface area contributed by atoms with Crippen molar-refractivity contribution in [2.75, 3.05) is 18.5 Å². The van der Waals surface area contributed by atoms with Crippen LogP contribution in [0.25, 0.3) is 0 Å². The van der Waals surface area contributed by atoms with Crippen LogP contribution >= 0.6 is 0 Å². The molecule has 3 aromatic carbocycles. The minimum atomic E-state index is -3.91. The molecule has 0 aliphatic carbocycles. The lowest BCUT2D eigenvalue weighted by molar-refractivity contribution is -0.142. The van der Waals surface area contributed by atoms with Gasteiger partial charge in [-0.25, -0.2) is 8.42 Å². The molecule has 0 fully saturated rings. The van der Waals surface area contributed by atoms with Crippen molar-refractivity contribution < 1.29 is 22.7 Å². The number of ether oxygens (including phenoxy) is 1. The van der Waals surface area contributed by atoms with E-state index in [1.54, 1.807) is 55.5 Å². The molecule has 0 radical (unpaired) electrons. The molecule has 8 heteroatoms. The van der Waals surface area contributed by atoms with E-state index >= 15 is 0 Å². The first kappa shape index (κ1) is 25.1. The SMILES string of the molecule is CCOC(=O)Cc1ccc(NC(=O)CN(Cc2ccccc2)S(=O)(=O)c2ccc(C)cc2)cc1. The van der Waals surface area contributed by atoms with Crippen molar-refractivity contribution in [2.24, 2.45) is 0 Å². The van der Waals surface area contributed by atoms with E-state index < -0.39 is 15.9 Å². The normalized spacial score (nSPS) is 11.3. The van der Waals surface area contributed by atoms with Crippen molar-refractivity contribution in [1.29, 1.82) is 0 Å². The largest absolute Gasteiger partial charge is 0.466 e. The number of esters is 1. The number of nitrogens with one attached hydrogen (secondary N) is 1. The quantitative estimate of drug-likeness (QED) is 0.444. The summed E-state index contributed by atoms with van der Waals surface area (Å²) in [5.74, 6) is -0.790. The Morgan fingerprint density at radius 3 is 2.15 bits per heavy atom. The van der Waals surface area contributed by atoms with Crippen LogP contribution in [0.2, 0.25) is 0 Å². The maximum atomic E-state index is 13.3. The number of nitrogens with zero attached hydrogens (tertiary/aromatic N) is 1. The Hall–Kier alpha value is -3.49. The standard InChI is InChI=1S/C26H28N2O5S/c1-3-33-26(30)17-21-11-13-23(14-12-21)27-25(29)19-28(18-22-7-5-4-6-8-22)34(31,32)24-15-9-20(2)10-16-24/h4-16H,3,17-19H2,1-2H3,(H,27,29). The maximum Gasteiger partial charge on any atom is 0.310 e. The molecule has 0 aromatic heterocycles. The third kappa shape index (κ3) is 7.00. The van der Waals surface area contributed by atoms with Crippen LogP contribution in [-0.4, -0.2) is 37.8 Å². The number of hydrogen-bond acceptors (Lipinski definition) is 5. The number of hydrogen-bond donors (Lipinski definition) is 1. The van der Waals surface area contributed by atoms with E-state index in [4.69, 9.17) is 4.74 Å². The number of carbonyl (C=O) groups excluding carboxylic acids is 2. The van der Waals surface area contributed by atoms with Gasteiger partial charge in [-0.3, -0.25) is 9.59 Å². The predicted octanol–water partition coefficient (Wildman–Crippen LogP) is 3.93. The van der Waals surface area contributed by atoms with Crippen molar-refractivity contribution in [3.63, 3.8) is 0 Å². The van der Waals surface area contributed by atoms with Gasteiger partial charge in [-0.1, -0.05) is 60.2 Å². The highest BCUT2D eigenvalue weighted by Crippen LogP contribution is 2.19. The molecule has 0 bridgehead atoms. The van der Waals surface area contributed by atoms with Crippen LogP contribution in [0.1, 0.15) is 23.6 Å². The lowest BCUT2D eigenvalue weighted by atomic mass is 10.1. The van der Waals surface area contributed by atoms with Gasteiger partial charge in [0.15, 0.2) is 0 Å². The van der Waals surface area contributed by atoms with Crippen LogP contribution in [0, 0.1) is 6.92 Å². The molecule has 0 heterocycles. The Kier molecular flexibility index (Phi) is 8.56. The van der Waals surface area contributed by atoms with Gasteiger partial charge in [0.1, 0.15) is 0 Å². The summed E-state index contributed by atoms with van der Waals surface area (Å²) in [5, 5.41) is 2.74. The van der Waals surface area contributed by atoms with Gasteiger partial charge in [0, 0.05) is 12.2 Å². The summed E-state index contributed by atoms with van der Waals surface area (Å²) in [7, 11) is -3.91. The van der Waals surface area contributed by atoms with E-state index in [9.17, 15) is 18.0 Å². The first-order chi connectivity index (χ1) is 16.3. The van der Waals surface area contributed by atoms with Crippen LogP contribution in [0.5, 0.6) is 0 Å². The van der Waals surface area contributed by atoms with Gasteiger partial charge in [-0.05, 0) is 49.2 Å². The first-order valence-electron chi connectivity index (χ1n) is 10.9. The summed E-state index contributed by atoms with van der Waals surface area (Å²) < 4.78 is 32.8. The molecule has 34 heavy (non-hydrogen) atoms. The zero-order valence-corrected chi connectivity index (χ0v) is 20.0.